The van der Waals surface area contributed by atoms with Crippen LogP contribution in [0.1, 0.15) is 34.1 Å². The molecule has 6 nitrogen and oxygen atoms in total. The summed E-state index contributed by atoms with van der Waals surface area (Å²) in [7, 11) is -3.10. The molecule has 3 N–H and O–H groups in total. The lowest BCUT2D eigenvalue weighted by atomic mass is 10.3. The summed E-state index contributed by atoms with van der Waals surface area (Å²) in [5.41, 5.74) is 5.38. The van der Waals surface area contributed by atoms with Gasteiger partial charge in [0.2, 0.25) is 0 Å². The number of hydrogen-bond acceptors (Lipinski definition) is 5. The first-order valence-corrected chi connectivity index (χ1v) is 7.70. The fourth-order valence-corrected chi connectivity index (χ4v) is 2.42. The molecule has 0 bridgehead atoms. The van der Waals surface area contributed by atoms with Crippen molar-refractivity contribution < 1.29 is 13.6 Å². The molecular weight excluding hydrogens is 254 g/mol. The number of amidine groups is 1. The molecule has 0 aliphatic carbocycles. The van der Waals surface area contributed by atoms with Crippen LogP contribution in [0.25, 0.3) is 0 Å². The molecule has 7 heteroatoms. The number of nitrogens with zero attached hydrogens (tertiary/aromatic N) is 2. The van der Waals surface area contributed by atoms with Crippen LogP contribution in [0.5, 0.6) is 0 Å². The predicted molar refractivity (Wildman–Crippen MR) is 73.7 cm³/mol. The second-order valence-corrected chi connectivity index (χ2v) is 8.07. The summed E-state index contributed by atoms with van der Waals surface area (Å²) >= 11 is 0. The highest BCUT2D eigenvalue weighted by Crippen LogP contribution is 2.15. The first-order valence-electron chi connectivity index (χ1n) is 6.05. The smallest absolute Gasteiger partial charge is 0.156 e. The third-order valence-electron chi connectivity index (χ3n) is 2.87. The normalized spacial score (nSPS) is 14.2. The van der Waals surface area contributed by atoms with Gasteiger partial charge in [-0.1, -0.05) is 12.1 Å². The minimum absolute atomic E-state index is 0.126. The van der Waals surface area contributed by atoms with E-state index in [1.165, 1.54) is 0 Å². The fourth-order valence-electron chi connectivity index (χ4n) is 1.31. The maximum absolute atomic E-state index is 12.0. The number of oxime groups is 1. The van der Waals surface area contributed by atoms with E-state index in [9.17, 15) is 8.42 Å². The molecule has 108 valence electrons. The molecule has 0 rings (SSSR count). The fraction of sp³-hybridized carbons (Fsp3) is 0.909. The number of sulfone groups is 1. The van der Waals surface area contributed by atoms with E-state index in [0.717, 1.165) is 6.54 Å². The summed E-state index contributed by atoms with van der Waals surface area (Å²) < 4.78 is 23.2. The van der Waals surface area contributed by atoms with Gasteiger partial charge in [0.05, 0.1) is 10.5 Å². The highest BCUT2D eigenvalue weighted by atomic mass is 32.2. The quantitative estimate of drug-likeness (QED) is 0.309. The highest BCUT2D eigenvalue weighted by molar-refractivity contribution is 7.92. The van der Waals surface area contributed by atoms with Crippen LogP contribution in [0.3, 0.4) is 0 Å². The van der Waals surface area contributed by atoms with E-state index in [1.54, 1.807) is 20.8 Å². The molecule has 0 saturated carbocycles. The molecule has 0 aliphatic rings. The monoisotopic (exact) mass is 279 g/mol. The van der Waals surface area contributed by atoms with Gasteiger partial charge in [-0.25, -0.2) is 8.42 Å². The minimum Gasteiger partial charge on any atom is -0.409 e. The largest absolute Gasteiger partial charge is 0.409 e. The maximum atomic E-state index is 12.0. The van der Waals surface area contributed by atoms with Gasteiger partial charge in [0, 0.05) is 19.5 Å². The molecule has 0 unspecified atom stereocenters. The molecule has 0 aromatic rings. The van der Waals surface area contributed by atoms with E-state index in [4.69, 9.17) is 10.9 Å². The summed E-state index contributed by atoms with van der Waals surface area (Å²) in [6.45, 7) is 8.86. The Bertz CT molecular complexity index is 371. The average Bonchev–Trinajstić information content (AvgIpc) is 2.27. The van der Waals surface area contributed by atoms with E-state index in [-0.39, 0.29) is 11.6 Å². The second kappa shape index (κ2) is 6.94. The van der Waals surface area contributed by atoms with Gasteiger partial charge in [0.15, 0.2) is 9.84 Å². The van der Waals surface area contributed by atoms with Crippen LogP contribution in [-0.2, 0) is 9.84 Å². The topological polar surface area (TPSA) is 96.0 Å². The summed E-state index contributed by atoms with van der Waals surface area (Å²) in [6.07, 6.45) is 0.430. The van der Waals surface area contributed by atoms with Gasteiger partial charge in [-0.05, 0) is 27.3 Å². The third-order valence-corrected chi connectivity index (χ3v) is 5.46. The van der Waals surface area contributed by atoms with Crippen molar-refractivity contribution in [3.63, 3.8) is 0 Å². The maximum Gasteiger partial charge on any atom is 0.156 e. The van der Waals surface area contributed by atoms with Gasteiger partial charge in [-0.2, -0.15) is 0 Å². The van der Waals surface area contributed by atoms with Crippen LogP contribution in [0.15, 0.2) is 5.16 Å². The van der Waals surface area contributed by atoms with Crippen LogP contribution in [0.4, 0.5) is 0 Å². The molecule has 0 atom stereocenters. The van der Waals surface area contributed by atoms with Crippen molar-refractivity contribution >= 4 is 15.7 Å². The standard InChI is InChI=1S/C11H25N3O3S/c1-5-14(7-6-10(12)13-15)8-9-18(16,17)11(2,3)4/h15H,5-9H2,1-4H3,(H2,12,13). The summed E-state index contributed by atoms with van der Waals surface area (Å²) in [5, 5.41) is 11.3. The van der Waals surface area contributed by atoms with Gasteiger partial charge in [0.25, 0.3) is 0 Å². The number of rotatable bonds is 7. The zero-order valence-corrected chi connectivity index (χ0v) is 12.5. The van der Waals surface area contributed by atoms with Gasteiger partial charge < -0.3 is 15.8 Å². The molecule has 0 aromatic heterocycles. The Morgan fingerprint density at radius 3 is 2.28 bits per heavy atom. The molecule has 0 aliphatic heterocycles. The molecule has 18 heavy (non-hydrogen) atoms. The van der Waals surface area contributed by atoms with Crippen molar-refractivity contribution in [3.05, 3.63) is 0 Å². The Balaban J connectivity index is 4.33. The summed E-state index contributed by atoms with van der Waals surface area (Å²) in [6, 6.07) is 0. The number of nitrogens with two attached hydrogens (primary N) is 1. The lowest BCUT2D eigenvalue weighted by molar-refractivity contribution is 0.301. The summed E-state index contributed by atoms with van der Waals surface area (Å²) in [5.74, 6) is 0.285. The molecule has 0 fully saturated rings. The van der Waals surface area contributed by atoms with Crippen molar-refractivity contribution in [1.82, 2.24) is 4.90 Å². The van der Waals surface area contributed by atoms with Gasteiger partial charge >= 0.3 is 0 Å². The van der Waals surface area contributed by atoms with E-state index in [0.29, 0.717) is 19.5 Å². The Morgan fingerprint density at radius 1 is 1.33 bits per heavy atom. The highest BCUT2D eigenvalue weighted by Gasteiger charge is 2.28. The average molecular weight is 279 g/mol. The Labute approximate surface area is 110 Å². The van der Waals surface area contributed by atoms with Gasteiger partial charge in [-0.3, -0.25) is 0 Å². The molecule has 0 heterocycles. The van der Waals surface area contributed by atoms with Gasteiger partial charge in [-0.15, -0.1) is 0 Å². The predicted octanol–water partition coefficient (Wildman–Crippen LogP) is 0.658. The van der Waals surface area contributed by atoms with Gasteiger partial charge in [0.1, 0.15) is 5.84 Å². The lowest BCUT2D eigenvalue weighted by Crippen LogP contribution is -2.37. The third kappa shape index (κ3) is 5.68. The molecule has 0 radical (unpaired) electrons. The van der Waals surface area contributed by atoms with Crippen LogP contribution in [0, 0.1) is 0 Å². The van der Waals surface area contributed by atoms with Crippen LogP contribution < -0.4 is 5.73 Å². The Morgan fingerprint density at radius 2 is 1.89 bits per heavy atom. The Hall–Kier alpha value is -0.820. The SMILES string of the molecule is CCN(CCC(N)=NO)CCS(=O)(=O)C(C)(C)C. The molecule has 0 saturated heterocycles. The zero-order valence-electron chi connectivity index (χ0n) is 11.7. The number of hydrogen-bond donors (Lipinski definition) is 2. The minimum atomic E-state index is -3.10. The van der Waals surface area contributed by atoms with Crippen molar-refractivity contribution in [1.29, 1.82) is 0 Å². The molecule has 0 aromatic carbocycles. The first kappa shape index (κ1) is 17.2. The molecular formula is C11H25N3O3S. The van der Waals surface area contributed by atoms with Crippen molar-refractivity contribution in [2.45, 2.75) is 38.9 Å². The van der Waals surface area contributed by atoms with E-state index in [2.05, 4.69) is 5.16 Å². The molecule has 0 spiro atoms. The zero-order chi connectivity index (χ0) is 14.4. The van der Waals surface area contributed by atoms with Crippen LogP contribution in [0.2, 0.25) is 0 Å². The first-order chi connectivity index (χ1) is 8.14. The molecule has 0 amide bonds. The Kier molecular flexibility index (Phi) is 6.62. The summed E-state index contributed by atoms with van der Waals surface area (Å²) in [4.78, 5) is 1.97. The van der Waals surface area contributed by atoms with Crippen molar-refractivity contribution in [3.8, 4) is 0 Å². The van der Waals surface area contributed by atoms with Crippen molar-refractivity contribution in [2.24, 2.45) is 10.9 Å². The van der Waals surface area contributed by atoms with Crippen LogP contribution in [-0.4, -0.2) is 54.5 Å². The van der Waals surface area contributed by atoms with Crippen molar-refractivity contribution in [2.75, 3.05) is 25.4 Å². The van der Waals surface area contributed by atoms with Crippen LogP contribution >= 0.6 is 0 Å². The lowest BCUT2D eigenvalue weighted by Gasteiger charge is -2.24. The van der Waals surface area contributed by atoms with E-state index >= 15 is 0 Å². The van der Waals surface area contributed by atoms with E-state index < -0.39 is 14.6 Å². The second-order valence-electron chi connectivity index (χ2n) is 5.21. The van der Waals surface area contributed by atoms with E-state index in [1.807, 2.05) is 11.8 Å².